The SMILES string of the molecule is CC(C)CNC(=O)CSc1nnc(C[NH+](C)C)o1. The first-order chi connectivity index (χ1) is 8.47. The molecule has 1 amide bonds. The smallest absolute Gasteiger partial charge is 0.277 e. The molecule has 0 bridgehead atoms. The third kappa shape index (κ3) is 6.02. The van der Waals surface area contributed by atoms with E-state index in [4.69, 9.17) is 4.42 Å². The maximum atomic E-state index is 11.5. The van der Waals surface area contributed by atoms with Gasteiger partial charge in [0.15, 0.2) is 6.54 Å². The second kappa shape index (κ2) is 7.38. The number of aromatic nitrogens is 2. The molecule has 2 N–H and O–H groups in total. The molecule has 0 fully saturated rings. The third-order valence-corrected chi connectivity index (χ3v) is 2.81. The van der Waals surface area contributed by atoms with Crippen molar-refractivity contribution in [3.63, 3.8) is 0 Å². The fourth-order valence-corrected chi connectivity index (χ4v) is 1.78. The van der Waals surface area contributed by atoms with Crippen molar-refractivity contribution >= 4 is 17.7 Å². The molecule has 0 saturated carbocycles. The van der Waals surface area contributed by atoms with Gasteiger partial charge in [-0.15, -0.1) is 10.2 Å². The number of nitrogens with zero attached hydrogens (tertiary/aromatic N) is 2. The average Bonchev–Trinajstić information content (AvgIpc) is 2.70. The molecule has 1 aromatic heterocycles. The van der Waals surface area contributed by atoms with Crippen LogP contribution in [0.4, 0.5) is 0 Å². The Morgan fingerprint density at radius 2 is 2.17 bits per heavy atom. The minimum atomic E-state index is -0.00770. The van der Waals surface area contributed by atoms with Crippen molar-refractivity contribution < 1.29 is 14.1 Å². The standard InChI is InChI=1S/C11H20N4O2S/c1-8(2)5-12-9(16)7-18-11-14-13-10(17-11)6-15(3)4/h8H,5-7H2,1-4H3,(H,12,16)/p+1. The molecule has 0 atom stereocenters. The van der Waals surface area contributed by atoms with E-state index in [9.17, 15) is 4.79 Å². The lowest BCUT2D eigenvalue weighted by Gasteiger charge is -2.05. The van der Waals surface area contributed by atoms with E-state index in [1.165, 1.54) is 16.7 Å². The predicted octanol–water partition coefficient (Wildman–Crippen LogP) is -0.422. The zero-order valence-electron chi connectivity index (χ0n) is 11.3. The number of carbonyl (C=O) groups is 1. The maximum Gasteiger partial charge on any atom is 0.277 e. The molecule has 0 aliphatic carbocycles. The monoisotopic (exact) mass is 273 g/mol. The van der Waals surface area contributed by atoms with E-state index in [1.54, 1.807) is 0 Å². The summed E-state index contributed by atoms with van der Waals surface area (Å²) in [7, 11) is 4.02. The highest BCUT2D eigenvalue weighted by Gasteiger charge is 2.11. The van der Waals surface area contributed by atoms with Crippen LogP contribution in [0.25, 0.3) is 0 Å². The molecule has 18 heavy (non-hydrogen) atoms. The quantitative estimate of drug-likeness (QED) is 0.660. The fourth-order valence-electron chi connectivity index (χ4n) is 1.17. The third-order valence-electron chi connectivity index (χ3n) is 1.99. The molecule has 7 heteroatoms. The van der Waals surface area contributed by atoms with Gasteiger partial charge >= 0.3 is 0 Å². The molecular formula is C11H21N4O2S+. The van der Waals surface area contributed by atoms with E-state index in [1.807, 2.05) is 14.1 Å². The van der Waals surface area contributed by atoms with Crippen molar-refractivity contribution in [3.8, 4) is 0 Å². The lowest BCUT2D eigenvalue weighted by Crippen LogP contribution is -3.04. The van der Waals surface area contributed by atoms with E-state index in [0.717, 1.165) is 0 Å². The van der Waals surface area contributed by atoms with Gasteiger partial charge in [-0.3, -0.25) is 4.79 Å². The second-order valence-corrected chi connectivity index (χ2v) is 5.76. The Bertz CT molecular complexity index is 379. The molecule has 0 aliphatic rings. The van der Waals surface area contributed by atoms with E-state index in [2.05, 4.69) is 29.4 Å². The Labute approximate surface area is 112 Å². The van der Waals surface area contributed by atoms with Crippen LogP contribution in [0, 0.1) is 5.92 Å². The predicted molar refractivity (Wildman–Crippen MR) is 69.4 cm³/mol. The van der Waals surface area contributed by atoms with E-state index >= 15 is 0 Å². The molecule has 0 spiro atoms. The van der Waals surface area contributed by atoms with Crippen molar-refractivity contribution in [2.24, 2.45) is 5.92 Å². The molecular weight excluding hydrogens is 252 g/mol. The van der Waals surface area contributed by atoms with Gasteiger partial charge in [-0.2, -0.15) is 0 Å². The molecule has 1 heterocycles. The van der Waals surface area contributed by atoms with Crippen molar-refractivity contribution in [1.82, 2.24) is 15.5 Å². The lowest BCUT2D eigenvalue weighted by atomic mass is 10.2. The first-order valence-corrected chi connectivity index (χ1v) is 6.97. The Morgan fingerprint density at radius 3 is 2.78 bits per heavy atom. The van der Waals surface area contributed by atoms with Crippen LogP contribution in [0.2, 0.25) is 0 Å². The van der Waals surface area contributed by atoms with Gasteiger partial charge in [0, 0.05) is 6.54 Å². The van der Waals surface area contributed by atoms with Gasteiger partial charge in [-0.1, -0.05) is 25.6 Å². The Morgan fingerprint density at radius 1 is 1.44 bits per heavy atom. The van der Waals surface area contributed by atoms with Crippen molar-refractivity contribution in [2.75, 3.05) is 26.4 Å². The van der Waals surface area contributed by atoms with Crippen LogP contribution in [-0.2, 0) is 11.3 Å². The summed E-state index contributed by atoms with van der Waals surface area (Å²) in [6, 6.07) is 0. The first-order valence-electron chi connectivity index (χ1n) is 5.98. The van der Waals surface area contributed by atoms with Crippen molar-refractivity contribution in [1.29, 1.82) is 0 Å². The summed E-state index contributed by atoms with van der Waals surface area (Å²) in [5.41, 5.74) is 0. The Balaban J connectivity index is 2.30. The molecule has 0 aromatic carbocycles. The zero-order chi connectivity index (χ0) is 13.5. The summed E-state index contributed by atoms with van der Waals surface area (Å²) in [6.45, 7) is 5.49. The number of amides is 1. The number of nitrogens with one attached hydrogen (secondary N) is 2. The fraction of sp³-hybridized carbons (Fsp3) is 0.727. The molecule has 0 saturated heterocycles. The van der Waals surface area contributed by atoms with Crippen LogP contribution >= 0.6 is 11.8 Å². The highest BCUT2D eigenvalue weighted by atomic mass is 32.2. The minimum Gasteiger partial charge on any atom is -0.410 e. The van der Waals surface area contributed by atoms with Gasteiger partial charge in [0.25, 0.3) is 11.1 Å². The Hall–Kier alpha value is -1.08. The van der Waals surface area contributed by atoms with Crippen LogP contribution in [0.15, 0.2) is 9.64 Å². The van der Waals surface area contributed by atoms with E-state index < -0.39 is 0 Å². The minimum absolute atomic E-state index is 0.00770. The van der Waals surface area contributed by atoms with Gasteiger partial charge in [0.2, 0.25) is 5.91 Å². The molecule has 0 radical (unpaired) electrons. The average molecular weight is 273 g/mol. The molecule has 0 unspecified atom stereocenters. The van der Waals surface area contributed by atoms with Crippen LogP contribution in [-0.4, -0.2) is 42.5 Å². The molecule has 1 aromatic rings. The summed E-state index contributed by atoms with van der Waals surface area (Å²) in [4.78, 5) is 12.7. The number of thioether (sulfide) groups is 1. The zero-order valence-corrected chi connectivity index (χ0v) is 12.1. The van der Waals surface area contributed by atoms with Crippen molar-refractivity contribution in [2.45, 2.75) is 25.6 Å². The van der Waals surface area contributed by atoms with Gasteiger partial charge < -0.3 is 14.6 Å². The van der Waals surface area contributed by atoms with Gasteiger partial charge in [-0.25, -0.2) is 0 Å². The van der Waals surface area contributed by atoms with E-state index in [0.29, 0.717) is 35.9 Å². The summed E-state index contributed by atoms with van der Waals surface area (Å²) in [5, 5.41) is 11.1. The van der Waals surface area contributed by atoms with Crippen LogP contribution in [0.1, 0.15) is 19.7 Å². The van der Waals surface area contributed by atoms with E-state index in [-0.39, 0.29) is 5.91 Å². The Kier molecular flexibility index (Phi) is 6.14. The summed E-state index contributed by atoms with van der Waals surface area (Å²) in [6.07, 6.45) is 0. The highest BCUT2D eigenvalue weighted by molar-refractivity contribution is 7.99. The first kappa shape index (κ1) is 15.0. The largest absolute Gasteiger partial charge is 0.410 e. The van der Waals surface area contributed by atoms with Crippen LogP contribution in [0.3, 0.4) is 0 Å². The van der Waals surface area contributed by atoms with Gasteiger partial charge in [-0.05, 0) is 5.92 Å². The number of hydrogen-bond donors (Lipinski definition) is 2. The topological polar surface area (TPSA) is 72.5 Å². The number of quaternary nitrogens is 1. The summed E-state index contributed by atoms with van der Waals surface area (Å²) in [5.74, 6) is 1.35. The van der Waals surface area contributed by atoms with Crippen molar-refractivity contribution in [3.05, 3.63) is 5.89 Å². The second-order valence-electron chi connectivity index (χ2n) is 4.83. The molecule has 6 nitrogen and oxygen atoms in total. The maximum absolute atomic E-state index is 11.5. The van der Waals surface area contributed by atoms with Gasteiger partial charge in [0.05, 0.1) is 19.8 Å². The summed E-state index contributed by atoms with van der Waals surface area (Å²) < 4.78 is 5.41. The number of hydrogen-bond acceptors (Lipinski definition) is 5. The highest BCUT2D eigenvalue weighted by Crippen LogP contribution is 2.15. The summed E-state index contributed by atoms with van der Waals surface area (Å²) >= 11 is 1.27. The molecule has 1 rings (SSSR count). The lowest BCUT2D eigenvalue weighted by molar-refractivity contribution is -0.874. The van der Waals surface area contributed by atoms with Gasteiger partial charge in [0.1, 0.15) is 0 Å². The number of carbonyl (C=O) groups excluding carboxylic acids is 1. The number of rotatable bonds is 7. The van der Waals surface area contributed by atoms with Crippen LogP contribution in [0.5, 0.6) is 0 Å². The van der Waals surface area contributed by atoms with Crippen LogP contribution < -0.4 is 10.2 Å². The molecule has 0 aliphatic heterocycles. The normalized spacial score (nSPS) is 11.2. The molecule has 102 valence electrons.